The molecule has 0 radical (unpaired) electrons. The third-order valence-corrected chi connectivity index (χ3v) is 4.27. The molecule has 25 heavy (non-hydrogen) atoms. The number of hydrogen-bond donors (Lipinski definition) is 1. The van der Waals surface area contributed by atoms with Crippen LogP contribution in [0.4, 0.5) is 0 Å². The van der Waals surface area contributed by atoms with Gasteiger partial charge in [-0.15, -0.1) is 0 Å². The van der Waals surface area contributed by atoms with E-state index in [2.05, 4.69) is 0 Å². The molecule has 0 amide bonds. The van der Waals surface area contributed by atoms with Gasteiger partial charge in [0.05, 0.1) is 18.6 Å². The molecule has 1 N–H and O–H groups in total. The number of ether oxygens (including phenoxy) is 1. The number of aromatic nitrogens is 2. The number of aromatic hydroxyl groups is 1. The van der Waals surface area contributed by atoms with Crippen LogP contribution >= 0.6 is 0 Å². The molecule has 0 saturated carbocycles. The van der Waals surface area contributed by atoms with Gasteiger partial charge in [0.2, 0.25) is 11.9 Å². The van der Waals surface area contributed by atoms with Crippen LogP contribution in [0, 0.1) is 10.1 Å². The van der Waals surface area contributed by atoms with Gasteiger partial charge in [-0.25, -0.2) is 4.79 Å². The maximum absolute atomic E-state index is 12.6. The molecule has 0 saturated heterocycles. The van der Waals surface area contributed by atoms with E-state index in [0.29, 0.717) is 11.3 Å². The normalized spacial score (nSPS) is 13.3. The number of nitro groups is 1. The van der Waals surface area contributed by atoms with Crippen LogP contribution in [0.2, 0.25) is 0 Å². The van der Waals surface area contributed by atoms with E-state index in [0.717, 1.165) is 9.13 Å². The van der Waals surface area contributed by atoms with Crippen LogP contribution in [-0.2, 0) is 14.1 Å². The van der Waals surface area contributed by atoms with Crippen molar-refractivity contribution < 1.29 is 14.8 Å². The van der Waals surface area contributed by atoms with Gasteiger partial charge in [0.25, 0.3) is 5.56 Å². The molecule has 134 valence electrons. The summed E-state index contributed by atoms with van der Waals surface area (Å²) in [5, 5.41) is 21.7. The van der Waals surface area contributed by atoms with Gasteiger partial charge >= 0.3 is 5.69 Å². The van der Waals surface area contributed by atoms with E-state index in [9.17, 15) is 24.8 Å². The first-order chi connectivity index (χ1) is 11.7. The molecule has 0 aliphatic heterocycles. The van der Waals surface area contributed by atoms with E-state index < -0.39 is 34.0 Å². The zero-order chi connectivity index (χ0) is 18.9. The Morgan fingerprint density at radius 3 is 2.20 bits per heavy atom. The van der Waals surface area contributed by atoms with E-state index in [1.165, 1.54) is 28.1 Å². The predicted octanol–water partition coefficient (Wildman–Crippen LogP) is 0.595. The first-order valence-corrected chi connectivity index (χ1v) is 7.47. The summed E-state index contributed by atoms with van der Waals surface area (Å²) in [5.74, 6) is -1.07. The number of benzene rings is 1. The highest BCUT2D eigenvalue weighted by Gasteiger charge is 2.36. The Hall–Kier alpha value is -3.10. The second-order valence-electron chi connectivity index (χ2n) is 5.72. The van der Waals surface area contributed by atoms with Crippen molar-refractivity contribution in [2.45, 2.75) is 18.9 Å². The predicted molar refractivity (Wildman–Crippen MR) is 89.9 cm³/mol. The lowest BCUT2D eigenvalue weighted by Crippen LogP contribution is -2.41. The van der Waals surface area contributed by atoms with Gasteiger partial charge in [0.1, 0.15) is 5.75 Å². The zero-order valence-electron chi connectivity index (χ0n) is 14.3. The molecule has 0 spiro atoms. The summed E-state index contributed by atoms with van der Waals surface area (Å²) in [7, 11) is 4.04. The molecule has 1 heterocycles. The maximum atomic E-state index is 12.6. The van der Waals surface area contributed by atoms with Crippen molar-refractivity contribution in [3.63, 3.8) is 0 Å². The lowest BCUT2D eigenvalue weighted by Gasteiger charge is -2.21. The van der Waals surface area contributed by atoms with Gasteiger partial charge in [-0.1, -0.05) is 12.1 Å². The summed E-state index contributed by atoms with van der Waals surface area (Å²) in [6.45, 7) is 1.35. The van der Waals surface area contributed by atoms with Gasteiger partial charge in [-0.2, -0.15) is 0 Å². The fourth-order valence-corrected chi connectivity index (χ4v) is 2.75. The van der Waals surface area contributed by atoms with Gasteiger partial charge in [-0.3, -0.25) is 24.0 Å². The average molecular weight is 349 g/mol. The van der Waals surface area contributed by atoms with E-state index in [1.54, 1.807) is 24.3 Å². The third-order valence-electron chi connectivity index (χ3n) is 4.27. The molecule has 1 aromatic carbocycles. The molecule has 2 atom stereocenters. The van der Waals surface area contributed by atoms with Gasteiger partial charge < -0.3 is 9.84 Å². The monoisotopic (exact) mass is 349 g/mol. The van der Waals surface area contributed by atoms with Crippen LogP contribution in [0.25, 0.3) is 0 Å². The Morgan fingerprint density at radius 2 is 1.72 bits per heavy atom. The fraction of sp³-hybridized carbons (Fsp3) is 0.375. The van der Waals surface area contributed by atoms with Crippen molar-refractivity contribution in [3.05, 3.63) is 66.3 Å². The SMILES string of the molecule is COc1ccc(C(c2c(O)n(C)c(=O)n(C)c2=O)C(C)[N+](=O)[O-])cc1. The Balaban J connectivity index is 2.79. The summed E-state index contributed by atoms with van der Waals surface area (Å²) in [6.07, 6.45) is 0. The van der Waals surface area contributed by atoms with E-state index in [-0.39, 0.29) is 5.56 Å². The smallest absolute Gasteiger partial charge is 0.333 e. The van der Waals surface area contributed by atoms with Crippen molar-refractivity contribution >= 4 is 0 Å². The summed E-state index contributed by atoms with van der Waals surface area (Å²) >= 11 is 0. The lowest BCUT2D eigenvalue weighted by molar-refractivity contribution is -0.520. The number of nitrogens with zero attached hydrogens (tertiary/aromatic N) is 3. The van der Waals surface area contributed by atoms with Crippen molar-refractivity contribution in [1.29, 1.82) is 0 Å². The lowest BCUT2D eigenvalue weighted by atomic mass is 9.87. The molecule has 2 aromatic rings. The Kier molecular flexibility index (Phi) is 4.96. The standard InChI is InChI=1S/C16H19N3O6/c1-9(19(23)24)12(10-5-7-11(25-4)8-6-10)13-14(20)17(2)16(22)18(3)15(13)21/h5-9,12,20H,1-4H3. The number of hydrogen-bond acceptors (Lipinski definition) is 6. The minimum absolute atomic E-state index is 0.195. The average Bonchev–Trinajstić information content (AvgIpc) is 2.61. The molecule has 2 unspecified atom stereocenters. The Labute approximate surface area is 142 Å². The van der Waals surface area contributed by atoms with Crippen molar-refractivity contribution in [2.24, 2.45) is 14.1 Å². The first kappa shape index (κ1) is 18.2. The van der Waals surface area contributed by atoms with Gasteiger partial charge in [0.15, 0.2) is 0 Å². The molecular weight excluding hydrogens is 330 g/mol. The van der Waals surface area contributed by atoms with Crippen molar-refractivity contribution in [2.75, 3.05) is 7.11 Å². The highest BCUT2D eigenvalue weighted by Crippen LogP contribution is 2.32. The second kappa shape index (κ2) is 6.80. The topological polar surface area (TPSA) is 117 Å². The van der Waals surface area contributed by atoms with Crippen LogP contribution in [0.5, 0.6) is 11.6 Å². The Morgan fingerprint density at radius 1 is 1.16 bits per heavy atom. The summed E-state index contributed by atoms with van der Waals surface area (Å²) in [4.78, 5) is 35.4. The minimum atomic E-state index is -1.20. The molecular formula is C16H19N3O6. The molecule has 9 heteroatoms. The highest BCUT2D eigenvalue weighted by atomic mass is 16.6. The zero-order valence-corrected chi connectivity index (χ0v) is 14.3. The van der Waals surface area contributed by atoms with E-state index in [4.69, 9.17) is 4.74 Å². The first-order valence-electron chi connectivity index (χ1n) is 7.47. The largest absolute Gasteiger partial charge is 0.497 e. The number of rotatable bonds is 5. The van der Waals surface area contributed by atoms with Gasteiger partial charge in [0, 0.05) is 25.9 Å². The molecule has 9 nitrogen and oxygen atoms in total. The van der Waals surface area contributed by atoms with Gasteiger partial charge in [-0.05, 0) is 17.7 Å². The van der Waals surface area contributed by atoms with E-state index in [1.807, 2.05) is 0 Å². The molecule has 2 rings (SSSR count). The third kappa shape index (κ3) is 3.12. The molecule has 1 aromatic heterocycles. The van der Waals surface area contributed by atoms with Crippen molar-refractivity contribution in [1.82, 2.24) is 9.13 Å². The van der Waals surface area contributed by atoms with Crippen LogP contribution < -0.4 is 16.0 Å². The molecule has 0 bridgehead atoms. The quantitative estimate of drug-likeness (QED) is 0.624. The van der Waals surface area contributed by atoms with Crippen LogP contribution in [-0.4, -0.2) is 32.3 Å². The highest BCUT2D eigenvalue weighted by molar-refractivity contribution is 5.40. The minimum Gasteiger partial charge on any atom is -0.497 e. The fourth-order valence-electron chi connectivity index (χ4n) is 2.75. The molecule has 0 aliphatic carbocycles. The number of methoxy groups -OCH3 is 1. The van der Waals surface area contributed by atoms with Crippen LogP contribution in [0.1, 0.15) is 24.0 Å². The summed E-state index contributed by atoms with van der Waals surface area (Å²) in [5.41, 5.74) is -1.22. The maximum Gasteiger partial charge on any atom is 0.333 e. The van der Waals surface area contributed by atoms with Crippen LogP contribution in [0.15, 0.2) is 33.9 Å². The summed E-state index contributed by atoms with van der Waals surface area (Å²) < 4.78 is 6.78. The molecule has 0 aliphatic rings. The van der Waals surface area contributed by atoms with Crippen molar-refractivity contribution in [3.8, 4) is 11.6 Å². The molecule has 0 fully saturated rings. The Bertz CT molecular complexity index is 913. The summed E-state index contributed by atoms with van der Waals surface area (Å²) in [6, 6.07) is 5.20. The van der Waals surface area contributed by atoms with Crippen LogP contribution in [0.3, 0.4) is 0 Å². The second-order valence-corrected chi connectivity index (χ2v) is 5.72. The van der Waals surface area contributed by atoms with E-state index >= 15 is 0 Å².